The summed E-state index contributed by atoms with van der Waals surface area (Å²) in [5, 5.41) is 1.04. The number of hydrogen-bond acceptors (Lipinski definition) is 2. The Hall–Kier alpha value is -0.500. The lowest BCUT2D eigenvalue weighted by Gasteiger charge is -2.30. The van der Waals surface area contributed by atoms with Gasteiger partial charge in [-0.15, -0.1) is 0 Å². The summed E-state index contributed by atoms with van der Waals surface area (Å²) in [5.74, 6) is -0.168. The Balaban J connectivity index is 2.99. The van der Waals surface area contributed by atoms with E-state index in [-0.39, 0.29) is 5.82 Å². The van der Waals surface area contributed by atoms with Crippen molar-refractivity contribution in [2.24, 2.45) is 0 Å². The lowest BCUT2D eigenvalue weighted by Crippen LogP contribution is -2.24. The maximum absolute atomic E-state index is 13.0. The van der Waals surface area contributed by atoms with Gasteiger partial charge < -0.3 is 0 Å². The Morgan fingerprint density at radius 2 is 1.64 bits per heavy atom. The van der Waals surface area contributed by atoms with Crippen LogP contribution in [0.1, 0.15) is 0 Å². The molecule has 0 saturated heterocycles. The van der Waals surface area contributed by atoms with Gasteiger partial charge in [-0.25, -0.2) is 4.39 Å². The fourth-order valence-electron chi connectivity index (χ4n) is 1.42. The van der Waals surface area contributed by atoms with Crippen LogP contribution in [0.3, 0.4) is 0 Å². The Morgan fingerprint density at radius 3 is 2.07 bits per heavy atom. The van der Waals surface area contributed by atoms with Crippen LogP contribution in [-0.4, -0.2) is 37.5 Å². The fourth-order valence-corrected chi connectivity index (χ4v) is 3.52. The molecule has 0 fully saturated rings. The van der Waals surface area contributed by atoms with Crippen molar-refractivity contribution in [3.63, 3.8) is 0 Å². The van der Waals surface area contributed by atoms with Crippen molar-refractivity contribution in [3.8, 4) is 0 Å². The zero-order chi connectivity index (χ0) is 10.7. The first-order valence-corrected chi connectivity index (χ1v) is 5.67. The van der Waals surface area contributed by atoms with E-state index in [4.69, 9.17) is 0 Å². The molecule has 0 unspecified atom stereocenters. The molecule has 0 aliphatic rings. The first kappa shape index (κ1) is 11.6. The van der Waals surface area contributed by atoms with Crippen LogP contribution in [0.15, 0.2) is 24.3 Å². The second-order valence-electron chi connectivity index (χ2n) is 3.46. The lowest BCUT2D eigenvalue weighted by atomic mass is 10.4. The summed E-state index contributed by atoms with van der Waals surface area (Å²) in [6.45, 7) is 0. The van der Waals surface area contributed by atoms with Crippen molar-refractivity contribution < 1.29 is 4.39 Å². The molecular formula is C10H16FN2P. The molecule has 78 valence electrons. The minimum atomic E-state index is -0.563. The van der Waals surface area contributed by atoms with Crippen LogP contribution < -0.4 is 5.30 Å². The molecule has 0 radical (unpaired) electrons. The van der Waals surface area contributed by atoms with E-state index in [1.807, 2.05) is 34.3 Å². The third kappa shape index (κ3) is 2.74. The van der Waals surface area contributed by atoms with Gasteiger partial charge >= 0.3 is 0 Å². The highest BCUT2D eigenvalue weighted by Gasteiger charge is 2.16. The number of halogens is 1. The first-order valence-electron chi connectivity index (χ1n) is 4.42. The van der Waals surface area contributed by atoms with Gasteiger partial charge in [0.2, 0.25) is 0 Å². The van der Waals surface area contributed by atoms with Crippen molar-refractivity contribution in [1.82, 2.24) is 9.34 Å². The standard InChI is InChI=1S/C10H16FN2P/c1-12(2)14(13(3)4)10-7-5-6-9(11)8-10/h5-8H,1-4H3. The van der Waals surface area contributed by atoms with Crippen molar-refractivity contribution in [1.29, 1.82) is 0 Å². The molecule has 0 aromatic heterocycles. The van der Waals surface area contributed by atoms with Gasteiger partial charge in [0.25, 0.3) is 0 Å². The third-order valence-corrected chi connectivity index (χ3v) is 4.05. The third-order valence-electron chi connectivity index (χ3n) is 1.80. The molecule has 2 nitrogen and oxygen atoms in total. The summed E-state index contributed by atoms with van der Waals surface area (Å²) in [4.78, 5) is 0. The predicted molar refractivity (Wildman–Crippen MR) is 60.3 cm³/mol. The van der Waals surface area contributed by atoms with Gasteiger partial charge in [-0.2, -0.15) is 0 Å². The molecule has 0 spiro atoms. The zero-order valence-corrected chi connectivity index (χ0v) is 9.92. The first-order chi connectivity index (χ1) is 6.52. The van der Waals surface area contributed by atoms with Crippen LogP contribution in [-0.2, 0) is 0 Å². The minimum Gasteiger partial charge on any atom is -0.272 e. The molecule has 1 rings (SSSR count). The SMILES string of the molecule is CN(C)P(c1cccc(F)c1)N(C)C. The zero-order valence-electron chi connectivity index (χ0n) is 9.03. The molecule has 1 aromatic rings. The van der Waals surface area contributed by atoms with Crippen molar-refractivity contribution >= 4 is 13.5 Å². The smallest absolute Gasteiger partial charge is 0.123 e. The average molecular weight is 214 g/mol. The van der Waals surface area contributed by atoms with E-state index in [0.29, 0.717) is 0 Å². The van der Waals surface area contributed by atoms with Crippen LogP contribution >= 0.6 is 8.22 Å². The van der Waals surface area contributed by atoms with E-state index in [0.717, 1.165) is 5.30 Å². The molecule has 0 aliphatic carbocycles. The van der Waals surface area contributed by atoms with E-state index in [1.165, 1.54) is 6.07 Å². The topological polar surface area (TPSA) is 6.48 Å². The molecule has 0 aliphatic heterocycles. The molecule has 0 bridgehead atoms. The van der Waals surface area contributed by atoms with Crippen LogP contribution in [0, 0.1) is 5.82 Å². The van der Waals surface area contributed by atoms with E-state index in [2.05, 4.69) is 9.34 Å². The van der Waals surface area contributed by atoms with Gasteiger partial charge in [0.15, 0.2) is 0 Å². The summed E-state index contributed by atoms with van der Waals surface area (Å²) >= 11 is 0. The maximum atomic E-state index is 13.0. The van der Waals surface area contributed by atoms with Crippen molar-refractivity contribution in [2.75, 3.05) is 28.2 Å². The van der Waals surface area contributed by atoms with Gasteiger partial charge in [0.05, 0.1) is 8.22 Å². The van der Waals surface area contributed by atoms with Crippen LogP contribution in [0.4, 0.5) is 4.39 Å². The minimum absolute atomic E-state index is 0.168. The summed E-state index contributed by atoms with van der Waals surface area (Å²) in [6, 6.07) is 6.80. The summed E-state index contributed by atoms with van der Waals surface area (Å²) < 4.78 is 17.3. The molecule has 1 aromatic carbocycles. The van der Waals surface area contributed by atoms with Crippen molar-refractivity contribution in [3.05, 3.63) is 30.1 Å². The Bertz CT molecular complexity index is 294. The second kappa shape index (κ2) is 4.83. The summed E-state index contributed by atoms with van der Waals surface area (Å²) in [7, 11) is 7.48. The summed E-state index contributed by atoms with van der Waals surface area (Å²) in [5.41, 5.74) is 0. The van der Waals surface area contributed by atoms with Crippen molar-refractivity contribution in [2.45, 2.75) is 0 Å². The van der Waals surface area contributed by atoms with Gasteiger partial charge in [0.1, 0.15) is 5.82 Å². The highest BCUT2D eigenvalue weighted by Crippen LogP contribution is 2.38. The lowest BCUT2D eigenvalue weighted by molar-refractivity contribution is 0.583. The molecule has 4 heteroatoms. The molecular weight excluding hydrogens is 198 g/mol. The Labute approximate surface area is 86.2 Å². The molecule has 0 saturated carbocycles. The van der Waals surface area contributed by atoms with E-state index < -0.39 is 8.22 Å². The highest BCUT2D eigenvalue weighted by atomic mass is 31.1. The van der Waals surface area contributed by atoms with E-state index >= 15 is 0 Å². The Morgan fingerprint density at radius 1 is 1.07 bits per heavy atom. The van der Waals surface area contributed by atoms with Gasteiger partial charge in [0, 0.05) is 5.30 Å². The van der Waals surface area contributed by atoms with Gasteiger partial charge in [-0.05, 0) is 40.3 Å². The fraction of sp³-hybridized carbons (Fsp3) is 0.400. The van der Waals surface area contributed by atoms with Gasteiger partial charge in [-0.1, -0.05) is 12.1 Å². The van der Waals surface area contributed by atoms with E-state index in [1.54, 1.807) is 12.1 Å². The van der Waals surface area contributed by atoms with Crippen LogP contribution in [0.25, 0.3) is 0 Å². The molecule has 0 atom stereocenters. The van der Waals surface area contributed by atoms with Crippen LogP contribution in [0.2, 0.25) is 0 Å². The Kier molecular flexibility index (Phi) is 3.99. The normalized spacial score (nSPS) is 11.7. The molecule has 0 amide bonds. The highest BCUT2D eigenvalue weighted by molar-refractivity contribution is 7.60. The molecule has 0 heterocycles. The molecule has 14 heavy (non-hydrogen) atoms. The van der Waals surface area contributed by atoms with Crippen LogP contribution in [0.5, 0.6) is 0 Å². The average Bonchev–Trinajstić information content (AvgIpc) is 2.02. The number of benzene rings is 1. The largest absolute Gasteiger partial charge is 0.272 e. The quantitative estimate of drug-likeness (QED) is 0.709. The second-order valence-corrected chi connectivity index (χ2v) is 6.16. The van der Waals surface area contributed by atoms with Gasteiger partial charge in [-0.3, -0.25) is 9.34 Å². The van der Waals surface area contributed by atoms with E-state index in [9.17, 15) is 4.39 Å². The maximum Gasteiger partial charge on any atom is 0.123 e. The number of rotatable bonds is 3. The number of nitrogens with zero attached hydrogens (tertiary/aromatic N) is 2. The molecule has 0 N–H and O–H groups in total. The predicted octanol–water partition coefficient (Wildman–Crippen LogP) is 1.89. The number of hydrogen-bond donors (Lipinski definition) is 0. The summed E-state index contributed by atoms with van der Waals surface area (Å²) in [6.07, 6.45) is 0. The monoisotopic (exact) mass is 214 g/mol.